The summed E-state index contributed by atoms with van der Waals surface area (Å²) in [6, 6.07) is 22.9. The van der Waals surface area contributed by atoms with Crippen molar-refractivity contribution in [2.24, 2.45) is 0 Å². The maximum Gasteiger partial charge on any atom is 0.262 e. The number of rotatable bonds is 4. The van der Waals surface area contributed by atoms with E-state index in [1.54, 1.807) is 19.1 Å². The molecule has 0 spiro atoms. The number of para-hydroxylation sites is 1. The Labute approximate surface area is 158 Å². The molecule has 1 heterocycles. The summed E-state index contributed by atoms with van der Waals surface area (Å²) in [7, 11) is -3.65. The highest BCUT2D eigenvalue weighted by molar-refractivity contribution is 7.92. The molecule has 0 bridgehead atoms. The second-order valence-electron chi connectivity index (χ2n) is 6.73. The summed E-state index contributed by atoms with van der Waals surface area (Å²) in [6.45, 7) is 3.68. The largest absolute Gasteiger partial charge is 0.355 e. The molecule has 4 nitrogen and oxygen atoms in total. The predicted octanol–water partition coefficient (Wildman–Crippen LogP) is 5.25. The fraction of sp³-hybridized carbons (Fsp3) is 0.0909. The molecule has 0 aliphatic heterocycles. The fourth-order valence-corrected chi connectivity index (χ4v) is 4.57. The van der Waals surface area contributed by atoms with E-state index in [0.717, 1.165) is 33.3 Å². The van der Waals surface area contributed by atoms with Crippen LogP contribution in [-0.4, -0.2) is 13.4 Å². The first-order valence-corrected chi connectivity index (χ1v) is 10.2. The van der Waals surface area contributed by atoms with Gasteiger partial charge in [0.25, 0.3) is 10.0 Å². The van der Waals surface area contributed by atoms with Gasteiger partial charge in [-0.25, -0.2) is 8.42 Å². The van der Waals surface area contributed by atoms with Crippen LogP contribution in [0.2, 0.25) is 0 Å². The van der Waals surface area contributed by atoms with Gasteiger partial charge in [-0.1, -0.05) is 42.5 Å². The summed E-state index contributed by atoms with van der Waals surface area (Å²) in [5, 5.41) is 1.12. The van der Waals surface area contributed by atoms with Crippen molar-refractivity contribution in [2.45, 2.75) is 18.7 Å². The molecule has 0 unspecified atom stereocenters. The molecule has 27 heavy (non-hydrogen) atoms. The Morgan fingerprint density at radius 3 is 2.48 bits per heavy atom. The van der Waals surface area contributed by atoms with E-state index in [0.29, 0.717) is 10.6 Å². The van der Waals surface area contributed by atoms with Crippen molar-refractivity contribution in [3.8, 4) is 11.3 Å². The summed E-state index contributed by atoms with van der Waals surface area (Å²) in [5.74, 6) is 0. The minimum Gasteiger partial charge on any atom is -0.355 e. The van der Waals surface area contributed by atoms with Crippen LogP contribution in [0.3, 0.4) is 0 Å². The summed E-state index contributed by atoms with van der Waals surface area (Å²) in [4.78, 5) is 3.68. The summed E-state index contributed by atoms with van der Waals surface area (Å²) in [6.07, 6.45) is 0. The van der Waals surface area contributed by atoms with Crippen LogP contribution in [0.1, 0.15) is 11.1 Å². The van der Waals surface area contributed by atoms with Gasteiger partial charge in [-0.3, -0.25) is 4.72 Å². The van der Waals surface area contributed by atoms with E-state index in [1.807, 2.05) is 61.5 Å². The third-order valence-corrected chi connectivity index (χ3v) is 6.11. The Hall–Kier alpha value is -3.05. The number of aromatic nitrogens is 1. The minimum atomic E-state index is -3.65. The number of aromatic amines is 1. The van der Waals surface area contributed by atoms with Crippen LogP contribution in [-0.2, 0) is 10.0 Å². The number of nitrogens with one attached hydrogen (secondary N) is 2. The number of benzene rings is 3. The van der Waals surface area contributed by atoms with Gasteiger partial charge in [0.1, 0.15) is 0 Å². The molecule has 136 valence electrons. The van der Waals surface area contributed by atoms with Crippen LogP contribution in [0.5, 0.6) is 0 Å². The zero-order valence-electron chi connectivity index (χ0n) is 15.2. The second kappa shape index (κ2) is 6.59. The molecule has 2 N–H and O–H groups in total. The number of sulfonamides is 1. The van der Waals surface area contributed by atoms with Gasteiger partial charge in [-0.2, -0.15) is 0 Å². The lowest BCUT2D eigenvalue weighted by molar-refractivity contribution is 0.600. The van der Waals surface area contributed by atoms with Gasteiger partial charge in [-0.15, -0.1) is 0 Å². The van der Waals surface area contributed by atoms with E-state index in [4.69, 9.17) is 0 Å². The first kappa shape index (κ1) is 17.4. The van der Waals surface area contributed by atoms with Crippen molar-refractivity contribution in [2.75, 3.05) is 4.72 Å². The number of fused-ring (bicyclic) bond motifs is 1. The second-order valence-corrected chi connectivity index (χ2v) is 8.38. The van der Waals surface area contributed by atoms with Gasteiger partial charge < -0.3 is 4.98 Å². The molecule has 0 fully saturated rings. The smallest absolute Gasteiger partial charge is 0.262 e. The van der Waals surface area contributed by atoms with Gasteiger partial charge in [0.2, 0.25) is 0 Å². The molecule has 4 aromatic rings. The number of hydrogen-bond donors (Lipinski definition) is 2. The topological polar surface area (TPSA) is 62.0 Å². The number of H-pyrrole nitrogens is 1. The Bertz CT molecular complexity index is 1210. The average Bonchev–Trinajstić information content (AvgIpc) is 3.08. The molecular weight excluding hydrogens is 356 g/mol. The SMILES string of the molecule is Cc1ccc(C)c(S(=O)(=O)Nc2cccc(-c3cc4ccccc4[nH]3)c2)c1. The van der Waals surface area contributed by atoms with Crippen molar-refractivity contribution < 1.29 is 8.42 Å². The van der Waals surface area contributed by atoms with Crippen molar-refractivity contribution in [1.29, 1.82) is 0 Å². The van der Waals surface area contributed by atoms with Gasteiger partial charge in [0.05, 0.1) is 4.90 Å². The number of aryl methyl sites for hydroxylation is 2. The average molecular weight is 376 g/mol. The minimum absolute atomic E-state index is 0.304. The summed E-state index contributed by atoms with van der Waals surface area (Å²) in [5.41, 5.74) is 5.09. The summed E-state index contributed by atoms with van der Waals surface area (Å²) >= 11 is 0. The molecule has 5 heteroatoms. The lowest BCUT2D eigenvalue weighted by Crippen LogP contribution is -2.14. The lowest BCUT2D eigenvalue weighted by Gasteiger charge is -2.12. The van der Waals surface area contributed by atoms with Gasteiger partial charge in [-0.05, 0) is 55.3 Å². The highest BCUT2D eigenvalue weighted by Crippen LogP contribution is 2.27. The normalized spacial score (nSPS) is 11.6. The van der Waals surface area contributed by atoms with Gasteiger partial charge in [0.15, 0.2) is 0 Å². The van der Waals surface area contributed by atoms with E-state index < -0.39 is 10.0 Å². The van der Waals surface area contributed by atoms with Crippen LogP contribution in [0.4, 0.5) is 5.69 Å². The van der Waals surface area contributed by atoms with Crippen molar-refractivity contribution in [1.82, 2.24) is 4.98 Å². The molecule has 0 amide bonds. The van der Waals surface area contributed by atoms with Crippen molar-refractivity contribution >= 4 is 26.6 Å². The maximum absolute atomic E-state index is 12.8. The zero-order valence-corrected chi connectivity index (χ0v) is 16.0. The third-order valence-electron chi connectivity index (χ3n) is 4.59. The van der Waals surface area contributed by atoms with Crippen LogP contribution in [0.15, 0.2) is 77.7 Å². The molecule has 0 aliphatic rings. The summed E-state index contributed by atoms with van der Waals surface area (Å²) < 4.78 is 28.4. The number of hydrogen-bond acceptors (Lipinski definition) is 2. The molecule has 0 saturated carbocycles. The Balaban J connectivity index is 1.69. The van der Waals surface area contributed by atoms with Crippen LogP contribution < -0.4 is 4.72 Å². The van der Waals surface area contributed by atoms with E-state index in [9.17, 15) is 8.42 Å². The third kappa shape index (κ3) is 3.46. The molecule has 0 radical (unpaired) electrons. The monoisotopic (exact) mass is 376 g/mol. The lowest BCUT2D eigenvalue weighted by atomic mass is 10.1. The maximum atomic E-state index is 12.8. The Morgan fingerprint density at radius 2 is 1.67 bits per heavy atom. The molecule has 4 rings (SSSR count). The van der Waals surface area contributed by atoms with Crippen molar-refractivity contribution in [3.05, 3.63) is 83.9 Å². The molecule has 0 atom stereocenters. The van der Waals surface area contributed by atoms with Crippen LogP contribution in [0, 0.1) is 13.8 Å². The highest BCUT2D eigenvalue weighted by Gasteiger charge is 2.17. The van der Waals surface area contributed by atoms with E-state index in [-0.39, 0.29) is 0 Å². The fourth-order valence-electron chi connectivity index (χ4n) is 3.19. The van der Waals surface area contributed by atoms with Gasteiger partial charge in [0, 0.05) is 27.8 Å². The van der Waals surface area contributed by atoms with E-state index in [2.05, 4.69) is 15.8 Å². The number of anilines is 1. The first-order valence-electron chi connectivity index (χ1n) is 8.71. The van der Waals surface area contributed by atoms with E-state index in [1.165, 1.54) is 0 Å². The standard InChI is InChI=1S/C22H20N2O2S/c1-15-10-11-16(2)22(12-15)27(25,26)24-19-8-5-7-17(13-19)21-14-18-6-3-4-9-20(18)23-21/h3-14,23-24H,1-2H3. The first-order chi connectivity index (χ1) is 12.9. The molecule has 3 aromatic carbocycles. The molecule has 1 aromatic heterocycles. The molecular formula is C22H20N2O2S. The van der Waals surface area contributed by atoms with Crippen LogP contribution in [0.25, 0.3) is 22.2 Å². The van der Waals surface area contributed by atoms with Crippen molar-refractivity contribution in [3.63, 3.8) is 0 Å². The van der Waals surface area contributed by atoms with Gasteiger partial charge >= 0.3 is 0 Å². The Morgan fingerprint density at radius 1 is 0.852 bits per heavy atom. The molecule has 0 aliphatic carbocycles. The van der Waals surface area contributed by atoms with E-state index >= 15 is 0 Å². The highest BCUT2D eigenvalue weighted by atomic mass is 32.2. The predicted molar refractivity (Wildman–Crippen MR) is 110 cm³/mol. The Kier molecular flexibility index (Phi) is 4.24. The van der Waals surface area contributed by atoms with Crippen LogP contribution >= 0.6 is 0 Å². The zero-order chi connectivity index (χ0) is 19.0. The molecule has 0 saturated heterocycles. The quantitative estimate of drug-likeness (QED) is 0.511.